The van der Waals surface area contributed by atoms with Crippen LogP contribution < -0.4 is 11.1 Å². The maximum atomic E-state index is 11.8. The molecule has 0 saturated heterocycles. The van der Waals surface area contributed by atoms with Crippen LogP contribution in [0.2, 0.25) is 10.0 Å². The molecule has 0 radical (unpaired) electrons. The van der Waals surface area contributed by atoms with Crippen LogP contribution in [0.1, 0.15) is 32.3 Å². The summed E-state index contributed by atoms with van der Waals surface area (Å²) < 4.78 is 0. The van der Waals surface area contributed by atoms with Gasteiger partial charge in [0.15, 0.2) is 0 Å². The summed E-state index contributed by atoms with van der Waals surface area (Å²) in [6.07, 6.45) is 0. The monoisotopic (exact) mass is 338 g/mol. The first kappa shape index (κ1) is 19.5. The van der Waals surface area contributed by atoms with Crippen LogP contribution in [-0.2, 0) is 4.79 Å². The highest BCUT2D eigenvalue weighted by Gasteiger charge is 2.19. The molecular formula is C14H21Cl3N2O. The molecule has 1 aromatic rings. The van der Waals surface area contributed by atoms with Crippen molar-refractivity contribution in [2.45, 2.75) is 32.7 Å². The molecule has 6 heteroatoms. The standard InChI is InChI=1S/C14H20Cl2N2O.ClH/c1-8(7-18-14(19)9(2)10(3)17)13-11(15)5-4-6-12(13)16;/h4-6,8-10H,7,17H2,1-3H3,(H,18,19);1H. The van der Waals surface area contributed by atoms with Gasteiger partial charge in [-0.1, -0.05) is 43.1 Å². The summed E-state index contributed by atoms with van der Waals surface area (Å²) in [4.78, 5) is 11.8. The lowest BCUT2D eigenvalue weighted by molar-refractivity contribution is -0.124. The molecule has 3 N–H and O–H groups in total. The average Bonchev–Trinajstić information content (AvgIpc) is 2.34. The number of carbonyl (C=O) groups is 1. The van der Waals surface area contributed by atoms with E-state index in [2.05, 4.69) is 5.32 Å². The maximum Gasteiger partial charge on any atom is 0.224 e. The third kappa shape index (κ3) is 5.13. The predicted molar refractivity (Wildman–Crippen MR) is 87.9 cm³/mol. The highest BCUT2D eigenvalue weighted by molar-refractivity contribution is 6.36. The van der Waals surface area contributed by atoms with Crippen molar-refractivity contribution in [2.75, 3.05) is 6.54 Å². The molecule has 3 atom stereocenters. The van der Waals surface area contributed by atoms with Crippen LogP contribution in [0.25, 0.3) is 0 Å². The van der Waals surface area contributed by atoms with E-state index < -0.39 is 0 Å². The summed E-state index contributed by atoms with van der Waals surface area (Å²) in [5, 5.41) is 4.12. The average molecular weight is 340 g/mol. The number of hydrogen-bond donors (Lipinski definition) is 2. The topological polar surface area (TPSA) is 55.1 Å². The zero-order valence-electron chi connectivity index (χ0n) is 11.8. The predicted octanol–water partition coefficient (Wildman–Crippen LogP) is 3.62. The normalized spacial score (nSPS) is 14.9. The SMILES string of the molecule is CC(CNC(=O)C(C)C(C)N)c1c(Cl)cccc1Cl.Cl. The summed E-state index contributed by atoms with van der Waals surface area (Å²) in [7, 11) is 0. The molecule has 0 spiro atoms. The quantitative estimate of drug-likeness (QED) is 0.861. The molecule has 0 fully saturated rings. The van der Waals surface area contributed by atoms with E-state index in [0.29, 0.717) is 16.6 Å². The van der Waals surface area contributed by atoms with Crippen molar-refractivity contribution < 1.29 is 4.79 Å². The minimum atomic E-state index is -0.214. The molecule has 1 amide bonds. The third-order valence-corrected chi connectivity index (χ3v) is 3.94. The van der Waals surface area contributed by atoms with E-state index in [1.54, 1.807) is 18.2 Å². The molecule has 3 unspecified atom stereocenters. The summed E-state index contributed by atoms with van der Waals surface area (Å²) >= 11 is 12.3. The third-order valence-electron chi connectivity index (χ3n) is 3.28. The minimum absolute atomic E-state index is 0. The van der Waals surface area contributed by atoms with Gasteiger partial charge < -0.3 is 11.1 Å². The molecule has 0 bridgehead atoms. The van der Waals surface area contributed by atoms with E-state index in [9.17, 15) is 4.79 Å². The Morgan fingerprint density at radius 2 is 1.75 bits per heavy atom. The van der Waals surface area contributed by atoms with Crippen molar-refractivity contribution in [2.24, 2.45) is 11.7 Å². The summed E-state index contributed by atoms with van der Waals surface area (Å²) in [6, 6.07) is 5.23. The van der Waals surface area contributed by atoms with Gasteiger partial charge in [-0.2, -0.15) is 0 Å². The number of nitrogens with one attached hydrogen (secondary N) is 1. The molecule has 1 aromatic carbocycles. The lowest BCUT2D eigenvalue weighted by Crippen LogP contribution is -2.39. The fraction of sp³-hybridized carbons (Fsp3) is 0.500. The van der Waals surface area contributed by atoms with Crippen LogP contribution in [-0.4, -0.2) is 18.5 Å². The Morgan fingerprint density at radius 1 is 1.25 bits per heavy atom. The molecule has 0 aliphatic carbocycles. The van der Waals surface area contributed by atoms with Crippen LogP contribution in [0, 0.1) is 5.92 Å². The van der Waals surface area contributed by atoms with Crippen molar-refractivity contribution in [3.05, 3.63) is 33.8 Å². The number of halogens is 3. The van der Waals surface area contributed by atoms with Crippen molar-refractivity contribution >= 4 is 41.5 Å². The summed E-state index contributed by atoms with van der Waals surface area (Å²) in [6.45, 7) is 6.09. The molecule has 3 nitrogen and oxygen atoms in total. The molecular weight excluding hydrogens is 319 g/mol. The Balaban J connectivity index is 0.00000361. The van der Waals surface area contributed by atoms with Gasteiger partial charge in [0, 0.05) is 34.5 Å². The summed E-state index contributed by atoms with van der Waals surface area (Å²) in [5.74, 6) is -0.218. The van der Waals surface area contributed by atoms with Crippen molar-refractivity contribution in [1.29, 1.82) is 0 Å². The Hall–Kier alpha value is -0.480. The van der Waals surface area contributed by atoms with Crippen LogP contribution in [0.15, 0.2) is 18.2 Å². The van der Waals surface area contributed by atoms with Gasteiger partial charge in [-0.25, -0.2) is 0 Å². The van der Waals surface area contributed by atoms with Gasteiger partial charge in [-0.05, 0) is 24.6 Å². The van der Waals surface area contributed by atoms with Gasteiger partial charge in [-0.3, -0.25) is 4.79 Å². The molecule has 0 saturated carbocycles. The van der Waals surface area contributed by atoms with E-state index in [0.717, 1.165) is 5.56 Å². The number of nitrogens with two attached hydrogens (primary N) is 1. The van der Waals surface area contributed by atoms with Gasteiger partial charge in [0.1, 0.15) is 0 Å². The zero-order valence-corrected chi connectivity index (χ0v) is 14.1. The van der Waals surface area contributed by atoms with Gasteiger partial charge in [0.05, 0.1) is 0 Å². The van der Waals surface area contributed by atoms with E-state index in [1.165, 1.54) is 0 Å². The molecule has 20 heavy (non-hydrogen) atoms. The van der Waals surface area contributed by atoms with Gasteiger partial charge >= 0.3 is 0 Å². The van der Waals surface area contributed by atoms with Crippen LogP contribution in [0.3, 0.4) is 0 Å². The molecule has 1 rings (SSSR count). The molecule has 114 valence electrons. The lowest BCUT2D eigenvalue weighted by Gasteiger charge is -2.19. The second-order valence-electron chi connectivity index (χ2n) is 4.93. The van der Waals surface area contributed by atoms with Crippen LogP contribution in [0.5, 0.6) is 0 Å². The van der Waals surface area contributed by atoms with Gasteiger partial charge in [0.2, 0.25) is 5.91 Å². The fourth-order valence-electron chi connectivity index (χ4n) is 1.74. The second-order valence-corrected chi connectivity index (χ2v) is 5.74. The second kappa shape index (κ2) is 8.73. The largest absolute Gasteiger partial charge is 0.355 e. The highest BCUT2D eigenvalue weighted by Crippen LogP contribution is 2.30. The number of carbonyl (C=O) groups excluding carboxylic acids is 1. The number of benzene rings is 1. The minimum Gasteiger partial charge on any atom is -0.355 e. The first-order chi connectivity index (χ1) is 8.84. The Morgan fingerprint density at radius 3 is 2.20 bits per heavy atom. The van der Waals surface area contributed by atoms with Gasteiger partial charge in [0.25, 0.3) is 0 Å². The molecule has 0 heterocycles. The smallest absolute Gasteiger partial charge is 0.224 e. The Bertz CT molecular complexity index is 432. The van der Waals surface area contributed by atoms with E-state index in [1.807, 2.05) is 20.8 Å². The van der Waals surface area contributed by atoms with E-state index in [-0.39, 0.29) is 36.2 Å². The van der Waals surface area contributed by atoms with Crippen LogP contribution >= 0.6 is 35.6 Å². The van der Waals surface area contributed by atoms with Crippen molar-refractivity contribution in [1.82, 2.24) is 5.32 Å². The van der Waals surface area contributed by atoms with Crippen molar-refractivity contribution in [3.63, 3.8) is 0 Å². The number of hydrogen-bond acceptors (Lipinski definition) is 2. The van der Waals surface area contributed by atoms with Crippen molar-refractivity contribution in [3.8, 4) is 0 Å². The number of amides is 1. The molecule has 0 aliphatic rings. The summed E-state index contributed by atoms with van der Waals surface area (Å²) in [5.41, 5.74) is 6.56. The Kier molecular flexibility index (Phi) is 8.52. The zero-order chi connectivity index (χ0) is 14.6. The fourth-order valence-corrected chi connectivity index (χ4v) is 2.51. The molecule has 0 aromatic heterocycles. The highest BCUT2D eigenvalue weighted by atomic mass is 35.5. The lowest BCUT2D eigenvalue weighted by atomic mass is 9.99. The molecule has 0 aliphatic heterocycles. The van der Waals surface area contributed by atoms with Crippen LogP contribution in [0.4, 0.5) is 0 Å². The van der Waals surface area contributed by atoms with Gasteiger partial charge in [-0.15, -0.1) is 12.4 Å². The first-order valence-electron chi connectivity index (χ1n) is 6.31. The van der Waals surface area contributed by atoms with E-state index >= 15 is 0 Å². The Labute approximate surface area is 136 Å². The first-order valence-corrected chi connectivity index (χ1v) is 7.07. The maximum absolute atomic E-state index is 11.8. The number of rotatable bonds is 5. The van der Waals surface area contributed by atoms with E-state index in [4.69, 9.17) is 28.9 Å².